The molecular weight excluding hydrogens is 218 g/mol. The van der Waals surface area contributed by atoms with Gasteiger partial charge in [0, 0.05) is 5.56 Å². The Labute approximate surface area is 101 Å². The Balaban J connectivity index is 1.94. The molecule has 0 saturated carbocycles. The molecule has 0 aliphatic carbocycles. The lowest BCUT2D eigenvalue weighted by Crippen LogP contribution is -2.24. The van der Waals surface area contributed by atoms with Gasteiger partial charge in [-0.15, -0.1) is 0 Å². The van der Waals surface area contributed by atoms with E-state index in [1.807, 2.05) is 44.2 Å². The maximum absolute atomic E-state index is 11.7. The van der Waals surface area contributed by atoms with E-state index in [9.17, 15) is 5.21 Å². The molecular formula is C13H17NO3. The predicted molar refractivity (Wildman–Crippen MR) is 64.7 cm³/mol. The maximum atomic E-state index is 11.7. The first kappa shape index (κ1) is 12.1. The third kappa shape index (κ3) is 3.54. The van der Waals surface area contributed by atoms with E-state index in [-0.39, 0.29) is 6.10 Å². The van der Waals surface area contributed by atoms with E-state index >= 15 is 0 Å². The smallest absolute Gasteiger partial charge is 0.182 e. The highest BCUT2D eigenvalue weighted by atomic mass is 16.7. The SMILES string of the molecule is CC1(C)OCC(/C=[N+](\[O-])Cc2ccccc2)O1. The highest BCUT2D eigenvalue weighted by Gasteiger charge is 2.33. The molecule has 4 heteroatoms. The lowest BCUT2D eigenvalue weighted by atomic mass is 10.2. The van der Waals surface area contributed by atoms with Gasteiger partial charge in [-0.25, -0.2) is 4.74 Å². The van der Waals surface area contributed by atoms with Gasteiger partial charge in [0.2, 0.25) is 0 Å². The highest BCUT2D eigenvalue weighted by molar-refractivity contribution is 5.58. The van der Waals surface area contributed by atoms with Gasteiger partial charge in [-0.3, -0.25) is 0 Å². The van der Waals surface area contributed by atoms with Crippen LogP contribution < -0.4 is 0 Å². The molecule has 1 aliphatic heterocycles. The van der Waals surface area contributed by atoms with Crippen molar-refractivity contribution in [2.75, 3.05) is 6.61 Å². The Morgan fingerprint density at radius 3 is 2.71 bits per heavy atom. The molecule has 1 saturated heterocycles. The number of rotatable bonds is 3. The van der Waals surface area contributed by atoms with Crippen molar-refractivity contribution < 1.29 is 14.2 Å². The third-order valence-electron chi connectivity index (χ3n) is 2.54. The molecule has 1 aliphatic rings. The van der Waals surface area contributed by atoms with Gasteiger partial charge in [0.25, 0.3) is 0 Å². The zero-order valence-electron chi connectivity index (χ0n) is 10.1. The molecule has 2 rings (SSSR count). The van der Waals surface area contributed by atoms with Gasteiger partial charge in [-0.05, 0) is 13.8 Å². The minimum Gasteiger partial charge on any atom is -0.624 e. The number of nitrogens with zero attached hydrogens (tertiary/aromatic N) is 1. The van der Waals surface area contributed by atoms with Crippen LogP contribution in [0.5, 0.6) is 0 Å². The molecule has 92 valence electrons. The van der Waals surface area contributed by atoms with E-state index in [0.717, 1.165) is 10.3 Å². The van der Waals surface area contributed by atoms with Gasteiger partial charge in [0.1, 0.15) is 0 Å². The van der Waals surface area contributed by atoms with Crippen LogP contribution in [0, 0.1) is 5.21 Å². The second kappa shape index (κ2) is 4.85. The Morgan fingerprint density at radius 2 is 2.12 bits per heavy atom. The summed E-state index contributed by atoms with van der Waals surface area (Å²) < 4.78 is 11.8. The van der Waals surface area contributed by atoms with Gasteiger partial charge in [0.05, 0.1) is 6.61 Å². The van der Waals surface area contributed by atoms with E-state index in [1.165, 1.54) is 6.21 Å². The van der Waals surface area contributed by atoms with Crippen LogP contribution in [-0.4, -0.2) is 29.5 Å². The standard InChI is InChI=1S/C13H17NO3/c1-13(2)16-10-12(17-13)9-14(15)8-11-6-4-3-5-7-11/h3-7,9,12H,8,10H2,1-2H3/b14-9-. The van der Waals surface area contributed by atoms with Crippen molar-refractivity contribution in [3.05, 3.63) is 41.1 Å². The molecule has 0 amide bonds. The first-order valence-corrected chi connectivity index (χ1v) is 5.70. The fraction of sp³-hybridized carbons (Fsp3) is 0.462. The summed E-state index contributed by atoms with van der Waals surface area (Å²) in [7, 11) is 0. The van der Waals surface area contributed by atoms with Crippen molar-refractivity contribution in [1.82, 2.24) is 0 Å². The summed E-state index contributed by atoms with van der Waals surface area (Å²) >= 11 is 0. The second-order valence-corrected chi connectivity index (χ2v) is 4.58. The van der Waals surface area contributed by atoms with Crippen molar-refractivity contribution in [2.45, 2.75) is 32.3 Å². The summed E-state index contributed by atoms with van der Waals surface area (Å²) in [4.78, 5) is 0. The summed E-state index contributed by atoms with van der Waals surface area (Å²) in [6.07, 6.45) is 1.27. The summed E-state index contributed by atoms with van der Waals surface area (Å²) in [6, 6.07) is 9.62. The zero-order chi connectivity index (χ0) is 12.3. The molecule has 1 atom stereocenters. The number of ether oxygens (including phenoxy) is 2. The van der Waals surface area contributed by atoms with E-state index < -0.39 is 5.79 Å². The Bertz CT molecular complexity index is 400. The maximum Gasteiger partial charge on any atom is 0.182 e. The fourth-order valence-electron chi connectivity index (χ4n) is 1.79. The Kier molecular flexibility index (Phi) is 3.45. The molecule has 1 unspecified atom stereocenters. The average Bonchev–Trinajstić information content (AvgIpc) is 2.59. The van der Waals surface area contributed by atoms with Gasteiger partial charge in [-0.2, -0.15) is 0 Å². The Hall–Kier alpha value is -1.39. The van der Waals surface area contributed by atoms with Gasteiger partial charge < -0.3 is 14.7 Å². The minimum atomic E-state index is -0.589. The van der Waals surface area contributed by atoms with E-state index in [4.69, 9.17) is 9.47 Å². The molecule has 4 nitrogen and oxygen atoms in total. The molecule has 1 aromatic carbocycles. The number of hydrogen-bond acceptors (Lipinski definition) is 3. The average molecular weight is 235 g/mol. The van der Waals surface area contributed by atoms with Crippen LogP contribution in [0.3, 0.4) is 0 Å². The van der Waals surface area contributed by atoms with Gasteiger partial charge in [-0.1, -0.05) is 30.3 Å². The third-order valence-corrected chi connectivity index (χ3v) is 2.54. The lowest BCUT2D eigenvalue weighted by Gasteiger charge is -2.15. The van der Waals surface area contributed by atoms with Crippen LogP contribution in [0.25, 0.3) is 0 Å². The van der Waals surface area contributed by atoms with Gasteiger partial charge >= 0.3 is 0 Å². The van der Waals surface area contributed by atoms with Crippen LogP contribution in [0.1, 0.15) is 19.4 Å². The van der Waals surface area contributed by atoms with Crippen LogP contribution in [0.15, 0.2) is 30.3 Å². The van der Waals surface area contributed by atoms with Crippen LogP contribution in [0.4, 0.5) is 0 Å². The summed E-state index contributed by atoms with van der Waals surface area (Å²) in [6.45, 7) is 4.45. The van der Waals surface area contributed by atoms with Crippen molar-refractivity contribution in [2.24, 2.45) is 0 Å². The first-order valence-electron chi connectivity index (χ1n) is 5.70. The minimum absolute atomic E-state index is 0.258. The highest BCUT2D eigenvalue weighted by Crippen LogP contribution is 2.21. The van der Waals surface area contributed by atoms with Gasteiger partial charge in [0.15, 0.2) is 24.7 Å². The zero-order valence-corrected chi connectivity index (χ0v) is 10.1. The summed E-state index contributed by atoms with van der Waals surface area (Å²) in [5.41, 5.74) is 0.983. The summed E-state index contributed by atoms with van der Waals surface area (Å²) in [5, 5.41) is 11.7. The Morgan fingerprint density at radius 1 is 1.41 bits per heavy atom. The normalized spacial score (nSPS) is 23.9. The molecule has 0 bridgehead atoms. The topological polar surface area (TPSA) is 44.5 Å². The first-order chi connectivity index (χ1) is 8.05. The van der Waals surface area contributed by atoms with Crippen LogP contribution in [-0.2, 0) is 16.0 Å². The largest absolute Gasteiger partial charge is 0.624 e. The molecule has 0 aromatic heterocycles. The lowest BCUT2D eigenvalue weighted by molar-refractivity contribution is -0.472. The number of benzene rings is 1. The monoisotopic (exact) mass is 235 g/mol. The van der Waals surface area contributed by atoms with Crippen molar-refractivity contribution in [3.8, 4) is 0 Å². The fourth-order valence-corrected chi connectivity index (χ4v) is 1.79. The number of hydroxylamine groups is 1. The predicted octanol–water partition coefficient (Wildman–Crippen LogP) is 1.92. The van der Waals surface area contributed by atoms with Crippen LogP contribution >= 0.6 is 0 Å². The molecule has 0 spiro atoms. The van der Waals surface area contributed by atoms with Crippen molar-refractivity contribution in [1.29, 1.82) is 0 Å². The van der Waals surface area contributed by atoms with E-state index in [0.29, 0.717) is 13.2 Å². The molecule has 17 heavy (non-hydrogen) atoms. The van der Waals surface area contributed by atoms with Crippen LogP contribution in [0.2, 0.25) is 0 Å². The quantitative estimate of drug-likeness (QED) is 0.348. The molecule has 0 radical (unpaired) electrons. The van der Waals surface area contributed by atoms with E-state index in [1.54, 1.807) is 0 Å². The van der Waals surface area contributed by atoms with E-state index in [2.05, 4.69) is 0 Å². The molecule has 1 heterocycles. The molecule has 1 aromatic rings. The number of hydrogen-bond donors (Lipinski definition) is 0. The van der Waals surface area contributed by atoms with Crippen molar-refractivity contribution >= 4 is 6.21 Å². The second-order valence-electron chi connectivity index (χ2n) is 4.58. The molecule has 0 N–H and O–H groups in total. The molecule has 1 fully saturated rings. The van der Waals surface area contributed by atoms with Crippen molar-refractivity contribution in [3.63, 3.8) is 0 Å². The summed E-state index contributed by atoms with van der Waals surface area (Å²) in [5.74, 6) is -0.589.